The van der Waals surface area contributed by atoms with Crippen molar-refractivity contribution in [2.45, 2.75) is 17.1 Å². The zero-order valence-electron chi connectivity index (χ0n) is 8.58. The summed E-state index contributed by atoms with van der Waals surface area (Å²) in [6, 6.07) is 4.42. The summed E-state index contributed by atoms with van der Waals surface area (Å²) in [6.45, 7) is 1.63. The summed E-state index contributed by atoms with van der Waals surface area (Å²) in [7, 11) is -5.25. The van der Waals surface area contributed by atoms with Crippen molar-refractivity contribution in [3.05, 3.63) is 29.8 Å². The summed E-state index contributed by atoms with van der Waals surface area (Å²) in [5.74, 6) is -2.52. The standard InChI is InChI=1S/C9H8F3NO3S/c1-6-2-4-7(5-3-6)17(15,16)9(10,11)8(14)13-12/h2-5H,1H3,(H,13,14). The predicted molar refractivity (Wildman–Crippen MR) is 52.6 cm³/mol. The van der Waals surface area contributed by atoms with Crippen LogP contribution in [0, 0.1) is 6.92 Å². The number of benzene rings is 1. The zero-order chi connectivity index (χ0) is 13.3. The number of rotatable bonds is 3. The maximum atomic E-state index is 13.1. The summed E-state index contributed by atoms with van der Waals surface area (Å²) < 4.78 is 60.7. The Labute approximate surface area is 95.3 Å². The predicted octanol–water partition coefficient (Wildman–Crippen LogP) is 1.36. The fraction of sp³-hybridized carbons (Fsp3) is 0.222. The van der Waals surface area contributed by atoms with Gasteiger partial charge in [0.25, 0.3) is 9.84 Å². The van der Waals surface area contributed by atoms with Gasteiger partial charge in [-0.05, 0) is 19.1 Å². The van der Waals surface area contributed by atoms with Crippen LogP contribution in [0.2, 0.25) is 0 Å². The maximum absolute atomic E-state index is 13.1. The quantitative estimate of drug-likeness (QED) is 0.841. The molecule has 0 heterocycles. The van der Waals surface area contributed by atoms with Gasteiger partial charge in [0.2, 0.25) is 0 Å². The highest BCUT2D eigenvalue weighted by atomic mass is 32.2. The molecule has 0 aliphatic rings. The molecule has 1 aromatic rings. The van der Waals surface area contributed by atoms with Crippen LogP contribution in [0.4, 0.5) is 13.3 Å². The van der Waals surface area contributed by atoms with E-state index in [1.54, 1.807) is 6.92 Å². The monoisotopic (exact) mass is 267 g/mol. The Balaban J connectivity index is 3.29. The summed E-state index contributed by atoms with van der Waals surface area (Å²) in [6.07, 6.45) is 0. The lowest BCUT2D eigenvalue weighted by molar-refractivity contribution is -0.140. The van der Waals surface area contributed by atoms with E-state index in [0.717, 1.165) is 12.1 Å². The van der Waals surface area contributed by atoms with Gasteiger partial charge in [0.05, 0.1) is 4.90 Å². The van der Waals surface area contributed by atoms with Crippen molar-refractivity contribution >= 4 is 15.7 Å². The van der Waals surface area contributed by atoms with Crippen molar-refractivity contribution in [2.75, 3.05) is 0 Å². The minimum Gasteiger partial charge on any atom is -0.264 e. The van der Waals surface area contributed by atoms with Crippen molar-refractivity contribution in [3.8, 4) is 0 Å². The van der Waals surface area contributed by atoms with Crippen LogP contribution in [-0.2, 0) is 14.6 Å². The van der Waals surface area contributed by atoms with Crippen LogP contribution in [0.25, 0.3) is 0 Å². The van der Waals surface area contributed by atoms with Gasteiger partial charge in [-0.2, -0.15) is 14.3 Å². The molecule has 94 valence electrons. The Hall–Kier alpha value is -1.57. The van der Waals surface area contributed by atoms with E-state index >= 15 is 0 Å². The number of carbonyl (C=O) groups is 1. The van der Waals surface area contributed by atoms with Crippen LogP contribution < -0.4 is 5.54 Å². The smallest absolute Gasteiger partial charge is 0.264 e. The number of carbonyl (C=O) groups excluding carboxylic acids is 1. The van der Waals surface area contributed by atoms with Crippen molar-refractivity contribution in [1.29, 1.82) is 0 Å². The molecule has 17 heavy (non-hydrogen) atoms. The summed E-state index contributed by atoms with van der Waals surface area (Å²) in [5.41, 5.74) is 0.779. The molecule has 1 rings (SSSR count). The number of sulfone groups is 1. The molecular formula is C9H8F3NO3S. The first kappa shape index (κ1) is 13.5. The molecule has 8 heteroatoms. The molecule has 0 atom stereocenters. The van der Waals surface area contributed by atoms with E-state index < -0.39 is 25.9 Å². The molecule has 0 aliphatic carbocycles. The molecule has 0 spiro atoms. The maximum Gasteiger partial charge on any atom is 0.428 e. The van der Waals surface area contributed by atoms with Gasteiger partial charge in [0.15, 0.2) is 0 Å². The van der Waals surface area contributed by atoms with Gasteiger partial charge in [0, 0.05) is 0 Å². The molecular weight excluding hydrogens is 259 g/mol. The van der Waals surface area contributed by atoms with Crippen LogP contribution in [0.3, 0.4) is 0 Å². The third-order valence-corrected chi connectivity index (χ3v) is 3.77. The van der Waals surface area contributed by atoms with E-state index in [2.05, 4.69) is 0 Å². The molecule has 0 aromatic heterocycles. The number of aryl methyl sites for hydroxylation is 1. The second-order valence-electron chi connectivity index (χ2n) is 3.26. The summed E-state index contributed by atoms with van der Waals surface area (Å²) >= 11 is 0. The fourth-order valence-corrected chi connectivity index (χ4v) is 2.12. The second kappa shape index (κ2) is 4.36. The lowest BCUT2D eigenvalue weighted by Gasteiger charge is -2.13. The number of nitrogens with one attached hydrogen (secondary N) is 1. The molecule has 0 saturated heterocycles. The Morgan fingerprint density at radius 3 is 2.12 bits per heavy atom. The fourth-order valence-electron chi connectivity index (χ4n) is 1.04. The first-order valence-electron chi connectivity index (χ1n) is 4.33. The Morgan fingerprint density at radius 1 is 1.24 bits per heavy atom. The highest BCUT2D eigenvalue weighted by Gasteiger charge is 2.53. The summed E-state index contributed by atoms with van der Waals surface area (Å²) in [4.78, 5) is 9.75. The topological polar surface area (TPSA) is 63.2 Å². The third kappa shape index (κ3) is 2.26. The van der Waals surface area contributed by atoms with Gasteiger partial charge in [-0.25, -0.2) is 8.42 Å². The van der Waals surface area contributed by atoms with Crippen molar-refractivity contribution in [3.63, 3.8) is 0 Å². The van der Waals surface area contributed by atoms with Crippen LogP contribution >= 0.6 is 0 Å². The van der Waals surface area contributed by atoms with E-state index in [0.29, 0.717) is 5.56 Å². The molecule has 1 aromatic carbocycles. The highest BCUT2D eigenvalue weighted by Crippen LogP contribution is 2.29. The van der Waals surface area contributed by atoms with Gasteiger partial charge in [-0.15, -0.1) is 4.48 Å². The number of amides is 1. The van der Waals surface area contributed by atoms with E-state index in [1.165, 1.54) is 12.1 Å². The van der Waals surface area contributed by atoms with Crippen molar-refractivity contribution < 1.29 is 26.5 Å². The Bertz CT molecular complexity index is 525. The molecule has 1 N–H and O–H groups in total. The SMILES string of the molecule is Cc1ccc(S(=O)(=O)C(F)(F)C(=O)NF)cc1. The minimum absolute atomic E-state index is 0.124. The lowest BCUT2D eigenvalue weighted by Crippen LogP contribution is -2.43. The minimum atomic E-state index is -5.25. The lowest BCUT2D eigenvalue weighted by atomic mass is 10.2. The molecule has 0 fully saturated rings. The normalized spacial score (nSPS) is 12.2. The third-order valence-electron chi connectivity index (χ3n) is 2.02. The van der Waals surface area contributed by atoms with Gasteiger partial charge in [-0.1, -0.05) is 17.7 Å². The zero-order valence-corrected chi connectivity index (χ0v) is 9.39. The van der Waals surface area contributed by atoms with E-state index in [9.17, 15) is 26.5 Å². The van der Waals surface area contributed by atoms with Crippen LogP contribution in [0.5, 0.6) is 0 Å². The largest absolute Gasteiger partial charge is 0.428 e. The Kier molecular flexibility index (Phi) is 3.46. The average Bonchev–Trinajstić information content (AvgIpc) is 2.28. The number of hydrogen-bond acceptors (Lipinski definition) is 3. The van der Waals surface area contributed by atoms with Gasteiger partial charge >= 0.3 is 11.2 Å². The molecule has 0 unspecified atom stereocenters. The number of halogens is 3. The first-order valence-corrected chi connectivity index (χ1v) is 5.82. The second-order valence-corrected chi connectivity index (χ2v) is 5.25. The first-order chi connectivity index (χ1) is 7.73. The molecule has 0 bridgehead atoms. The van der Waals surface area contributed by atoms with E-state index in [1.807, 2.05) is 0 Å². The van der Waals surface area contributed by atoms with E-state index in [-0.39, 0.29) is 5.54 Å². The average molecular weight is 267 g/mol. The van der Waals surface area contributed by atoms with Crippen LogP contribution in [0.1, 0.15) is 5.56 Å². The van der Waals surface area contributed by atoms with E-state index in [4.69, 9.17) is 0 Å². The Morgan fingerprint density at radius 2 is 1.71 bits per heavy atom. The number of hydrogen-bond donors (Lipinski definition) is 1. The van der Waals surface area contributed by atoms with Gasteiger partial charge in [-0.3, -0.25) is 4.79 Å². The summed E-state index contributed by atoms with van der Waals surface area (Å²) in [5, 5.41) is -4.85. The van der Waals surface area contributed by atoms with Crippen LogP contribution in [0.15, 0.2) is 29.2 Å². The molecule has 1 amide bonds. The van der Waals surface area contributed by atoms with Gasteiger partial charge in [0.1, 0.15) is 0 Å². The molecule has 0 saturated carbocycles. The molecule has 0 radical (unpaired) electrons. The van der Waals surface area contributed by atoms with Crippen molar-refractivity contribution in [1.82, 2.24) is 5.54 Å². The highest BCUT2D eigenvalue weighted by molar-refractivity contribution is 7.93. The van der Waals surface area contributed by atoms with Crippen LogP contribution in [-0.4, -0.2) is 19.6 Å². The molecule has 0 aliphatic heterocycles. The molecule has 4 nitrogen and oxygen atoms in total. The number of alkyl halides is 2. The van der Waals surface area contributed by atoms with Crippen molar-refractivity contribution in [2.24, 2.45) is 0 Å². The van der Waals surface area contributed by atoms with Gasteiger partial charge < -0.3 is 0 Å².